The number of aliphatic hydroxyl groups excluding tert-OH is 4. The van der Waals surface area contributed by atoms with Crippen LogP contribution in [0.4, 0.5) is 0 Å². The van der Waals surface area contributed by atoms with Crippen LogP contribution in [-0.4, -0.2) is 57.3 Å². The molecule has 0 rings (SSSR count). The molecule has 0 aliphatic rings. The van der Waals surface area contributed by atoms with Gasteiger partial charge < -0.3 is 25.7 Å². The average Bonchev–Trinajstić information content (AvgIpc) is 3.09. The van der Waals surface area contributed by atoms with Crippen molar-refractivity contribution in [2.75, 3.05) is 6.61 Å². The smallest absolute Gasteiger partial charge is 0.249 e. The van der Waals surface area contributed by atoms with Gasteiger partial charge in [-0.1, -0.05) is 159 Å². The Morgan fingerprint density at radius 2 is 0.917 bits per heavy atom. The molecule has 1 amide bonds. The van der Waals surface area contributed by atoms with Crippen molar-refractivity contribution in [1.82, 2.24) is 5.32 Å². The Morgan fingerprint density at radius 3 is 1.42 bits per heavy atom. The van der Waals surface area contributed by atoms with Gasteiger partial charge in [0.1, 0.15) is 12.2 Å². The lowest BCUT2D eigenvalue weighted by Gasteiger charge is -2.27. The molecule has 282 valence electrons. The van der Waals surface area contributed by atoms with E-state index in [4.69, 9.17) is 0 Å². The second-order valence-corrected chi connectivity index (χ2v) is 14.0. The fourth-order valence-corrected chi connectivity index (χ4v) is 6.02. The van der Waals surface area contributed by atoms with E-state index >= 15 is 0 Å². The molecule has 0 heterocycles. The highest BCUT2D eigenvalue weighted by atomic mass is 16.3. The molecule has 5 N–H and O–H groups in total. The van der Waals surface area contributed by atoms with Crippen LogP contribution in [0, 0.1) is 0 Å². The van der Waals surface area contributed by atoms with E-state index in [0.717, 1.165) is 57.8 Å². The Labute approximate surface area is 297 Å². The molecular formula is C42H79NO5. The molecule has 0 aromatic carbocycles. The Morgan fingerprint density at radius 1 is 0.521 bits per heavy atom. The standard InChI is InChI=1S/C42H79NO5/c1-3-5-7-9-11-13-15-17-19-21-23-25-27-29-31-33-35-39(45)41(47)38(37-44)43-42(48)40(46)36-34-32-30-28-26-24-22-20-18-16-14-12-10-8-6-4-2/h12,14,18,20,27,29,38-41,44-47H,3-11,13,15-17,19,21-26,28,30-37H2,1-2H3,(H,43,48)/b14-12-,20-18-,29-27+. The van der Waals surface area contributed by atoms with Crippen molar-refractivity contribution in [2.24, 2.45) is 0 Å². The van der Waals surface area contributed by atoms with Crippen LogP contribution >= 0.6 is 0 Å². The zero-order chi connectivity index (χ0) is 35.3. The number of nitrogens with one attached hydrogen (secondary N) is 1. The van der Waals surface area contributed by atoms with E-state index < -0.39 is 36.9 Å². The van der Waals surface area contributed by atoms with Crippen LogP contribution in [0.3, 0.4) is 0 Å². The maximum Gasteiger partial charge on any atom is 0.249 e. The number of unbranched alkanes of at least 4 members (excludes halogenated alkanes) is 21. The van der Waals surface area contributed by atoms with Gasteiger partial charge >= 0.3 is 0 Å². The SMILES string of the molecule is CCCCC/C=C\C/C=C\CCCCCCCCC(O)C(=O)NC(CO)C(O)C(O)CCC/C=C/CCCCCCCCCCCCC. The van der Waals surface area contributed by atoms with E-state index in [1.807, 2.05) is 0 Å². The van der Waals surface area contributed by atoms with Crippen molar-refractivity contribution in [3.8, 4) is 0 Å². The first-order valence-electron chi connectivity index (χ1n) is 20.4. The van der Waals surface area contributed by atoms with Crippen LogP contribution < -0.4 is 5.32 Å². The predicted octanol–water partition coefficient (Wildman–Crippen LogP) is 10.2. The van der Waals surface area contributed by atoms with Gasteiger partial charge in [0, 0.05) is 0 Å². The third kappa shape index (κ3) is 30.6. The quantitative estimate of drug-likeness (QED) is 0.0335. The number of aliphatic hydroxyl groups is 4. The van der Waals surface area contributed by atoms with Gasteiger partial charge in [0.25, 0.3) is 0 Å². The van der Waals surface area contributed by atoms with E-state index in [9.17, 15) is 25.2 Å². The summed E-state index contributed by atoms with van der Waals surface area (Å²) in [5.41, 5.74) is 0. The third-order valence-electron chi connectivity index (χ3n) is 9.32. The molecule has 0 radical (unpaired) electrons. The van der Waals surface area contributed by atoms with Crippen molar-refractivity contribution in [2.45, 2.75) is 218 Å². The maximum absolute atomic E-state index is 12.5. The summed E-state index contributed by atoms with van der Waals surface area (Å²) < 4.78 is 0. The second kappa shape index (κ2) is 36.8. The van der Waals surface area contributed by atoms with E-state index in [0.29, 0.717) is 12.8 Å². The summed E-state index contributed by atoms with van der Waals surface area (Å²) >= 11 is 0. The lowest BCUT2D eigenvalue weighted by Crippen LogP contribution is -2.53. The summed E-state index contributed by atoms with van der Waals surface area (Å²) in [5, 5.41) is 43.5. The summed E-state index contributed by atoms with van der Waals surface area (Å²) in [6.45, 7) is 3.99. The highest BCUT2D eigenvalue weighted by Crippen LogP contribution is 2.14. The van der Waals surface area contributed by atoms with Gasteiger partial charge in [0.2, 0.25) is 5.91 Å². The Balaban J connectivity index is 3.85. The summed E-state index contributed by atoms with van der Waals surface area (Å²) in [5.74, 6) is -0.603. The number of carbonyl (C=O) groups excluding carboxylic acids is 1. The number of hydrogen-bond acceptors (Lipinski definition) is 5. The fourth-order valence-electron chi connectivity index (χ4n) is 6.02. The average molecular weight is 678 g/mol. The summed E-state index contributed by atoms with van der Waals surface area (Å²) in [6, 6.07) is -1.00. The first kappa shape index (κ1) is 46.5. The second-order valence-electron chi connectivity index (χ2n) is 14.0. The summed E-state index contributed by atoms with van der Waals surface area (Å²) in [4.78, 5) is 12.5. The van der Waals surface area contributed by atoms with Crippen LogP contribution in [-0.2, 0) is 4.79 Å². The normalized spacial score (nSPS) is 14.7. The summed E-state index contributed by atoms with van der Waals surface area (Å²) in [6.07, 6.45) is 41.6. The van der Waals surface area contributed by atoms with Crippen LogP contribution in [0.5, 0.6) is 0 Å². The molecule has 6 nitrogen and oxygen atoms in total. The van der Waals surface area contributed by atoms with Gasteiger partial charge in [0.05, 0.1) is 18.8 Å². The van der Waals surface area contributed by atoms with Crippen molar-refractivity contribution in [3.05, 3.63) is 36.5 Å². The molecule has 48 heavy (non-hydrogen) atoms. The zero-order valence-electron chi connectivity index (χ0n) is 31.5. The van der Waals surface area contributed by atoms with Crippen molar-refractivity contribution >= 4 is 5.91 Å². The van der Waals surface area contributed by atoms with E-state index in [1.165, 1.54) is 109 Å². The number of carbonyl (C=O) groups is 1. The molecular weight excluding hydrogens is 598 g/mol. The highest BCUT2D eigenvalue weighted by Gasteiger charge is 2.28. The third-order valence-corrected chi connectivity index (χ3v) is 9.32. The van der Waals surface area contributed by atoms with Gasteiger partial charge in [-0.05, 0) is 70.6 Å². The monoisotopic (exact) mass is 678 g/mol. The zero-order valence-corrected chi connectivity index (χ0v) is 31.5. The lowest BCUT2D eigenvalue weighted by atomic mass is 10.00. The molecule has 0 aliphatic heterocycles. The predicted molar refractivity (Wildman–Crippen MR) is 205 cm³/mol. The van der Waals surface area contributed by atoms with Crippen LogP contribution in [0.1, 0.15) is 194 Å². The minimum absolute atomic E-state index is 0.350. The van der Waals surface area contributed by atoms with E-state index in [-0.39, 0.29) is 0 Å². The van der Waals surface area contributed by atoms with Crippen LogP contribution in [0.2, 0.25) is 0 Å². The van der Waals surface area contributed by atoms with Gasteiger partial charge in [-0.15, -0.1) is 0 Å². The minimum atomic E-state index is -1.28. The topological polar surface area (TPSA) is 110 Å². The molecule has 0 saturated heterocycles. The molecule has 0 aromatic heterocycles. The Hall–Kier alpha value is -1.47. The number of hydrogen-bond donors (Lipinski definition) is 5. The Kier molecular flexibility index (Phi) is 35.7. The van der Waals surface area contributed by atoms with Gasteiger partial charge in [-0.3, -0.25) is 4.79 Å². The van der Waals surface area contributed by atoms with Crippen molar-refractivity contribution < 1.29 is 25.2 Å². The van der Waals surface area contributed by atoms with Gasteiger partial charge in [0.15, 0.2) is 0 Å². The molecule has 0 aromatic rings. The molecule has 0 spiro atoms. The number of rotatable bonds is 36. The fraction of sp³-hybridized carbons (Fsp3) is 0.833. The molecule has 0 aliphatic carbocycles. The molecule has 4 atom stereocenters. The first-order valence-corrected chi connectivity index (χ1v) is 20.4. The molecule has 0 bridgehead atoms. The molecule has 0 saturated carbocycles. The first-order chi connectivity index (χ1) is 23.5. The van der Waals surface area contributed by atoms with Crippen LogP contribution in [0.25, 0.3) is 0 Å². The largest absolute Gasteiger partial charge is 0.394 e. The van der Waals surface area contributed by atoms with Crippen LogP contribution in [0.15, 0.2) is 36.5 Å². The highest BCUT2D eigenvalue weighted by molar-refractivity contribution is 5.80. The van der Waals surface area contributed by atoms with Crippen molar-refractivity contribution in [3.63, 3.8) is 0 Å². The van der Waals surface area contributed by atoms with E-state index in [1.54, 1.807) is 0 Å². The van der Waals surface area contributed by atoms with Gasteiger partial charge in [-0.2, -0.15) is 0 Å². The molecule has 6 heteroatoms. The Bertz CT molecular complexity index is 767. The van der Waals surface area contributed by atoms with Gasteiger partial charge in [-0.25, -0.2) is 0 Å². The number of amides is 1. The molecule has 4 unspecified atom stereocenters. The number of allylic oxidation sites excluding steroid dienone is 6. The molecule has 0 fully saturated rings. The lowest BCUT2D eigenvalue weighted by molar-refractivity contribution is -0.132. The van der Waals surface area contributed by atoms with E-state index in [2.05, 4.69) is 55.6 Å². The van der Waals surface area contributed by atoms with Crippen molar-refractivity contribution in [1.29, 1.82) is 0 Å². The summed E-state index contributed by atoms with van der Waals surface area (Å²) in [7, 11) is 0. The minimum Gasteiger partial charge on any atom is -0.394 e. The maximum atomic E-state index is 12.5.